The van der Waals surface area contributed by atoms with Gasteiger partial charge in [-0.25, -0.2) is 9.97 Å². The Morgan fingerprint density at radius 3 is 2.72 bits per heavy atom. The summed E-state index contributed by atoms with van der Waals surface area (Å²) < 4.78 is 5.30. The summed E-state index contributed by atoms with van der Waals surface area (Å²) in [7, 11) is 0. The minimum Gasteiger partial charge on any atom is -0.409 e. The van der Waals surface area contributed by atoms with E-state index in [9.17, 15) is 0 Å². The van der Waals surface area contributed by atoms with Gasteiger partial charge in [-0.1, -0.05) is 5.16 Å². The number of likely N-dealkylation sites (N-methyl/N-ethyl adjacent to an activating group) is 1. The van der Waals surface area contributed by atoms with Gasteiger partial charge in [-0.3, -0.25) is 0 Å². The van der Waals surface area contributed by atoms with Crippen molar-refractivity contribution in [1.82, 2.24) is 9.97 Å². The molecular weight excluding hydrogens is 234 g/mol. The first-order chi connectivity index (χ1) is 8.72. The quantitative estimate of drug-likeness (QED) is 0.240. The van der Waals surface area contributed by atoms with Gasteiger partial charge in [0.2, 0.25) is 0 Å². The summed E-state index contributed by atoms with van der Waals surface area (Å²) in [6.45, 7) is 6.90. The van der Waals surface area contributed by atoms with Crippen LogP contribution < -0.4 is 10.6 Å². The molecule has 7 heteroatoms. The van der Waals surface area contributed by atoms with E-state index in [1.165, 1.54) is 6.20 Å². The molecule has 0 amide bonds. The first-order valence-electron chi connectivity index (χ1n) is 5.85. The second-order valence-electron chi connectivity index (χ2n) is 3.52. The van der Waals surface area contributed by atoms with Gasteiger partial charge in [0.05, 0.1) is 19.0 Å². The number of hydrogen-bond donors (Lipinski definition) is 2. The predicted molar refractivity (Wildman–Crippen MR) is 68.9 cm³/mol. The van der Waals surface area contributed by atoms with Gasteiger partial charge in [-0.05, 0) is 13.8 Å². The number of oxime groups is 1. The number of hydrogen-bond acceptors (Lipinski definition) is 6. The monoisotopic (exact) mass is 253 g/mol. The van der Waals surface area contributed by atoms with Crippen molar-refractivity contribution in [1.29, 1.82) is 0 Å². The number of amidine groups is 1. The highest BCUT2D eigenvalue weighted by Crippen LogP contribution is 2.08. The number of ether oxygens (including phenoxy) is 1. The lowest BCUT2D eigenvalue weighted by molar-refractivity contribution is 0.154. The van der Waals surface area contributed by atoms with Gasteiger partial charge in [0.15, 0.2) is 5.84 Å². The lowest BCUT2D eigenvalue weighted by Crippen LogP contribution is -2.28. The highest BCUT2D eigenvalue weighted by molar-refractivity contribution is 5.94. The van der Waals surface area contributed by atoms with Crippen molar-refractivity contribution in [3.05, 3.63) is 18.1 Å². The smallest absolute Gasteiger partial charge is 0.190 e. The molecule has 0 aliphatic heterocycles. The van der Waals surface area contributed by atoms with Crippen molar-refractivity contribution in [3.63, 3.8) is 0 Å². The third-order valence-corrected chi connectivity index (χ3v) is 2.42. The molecule has 0 unspecified atom stereocenters. The van der Waals surface area contributed by atoms with Crippen LogP contribution in [-0.4, -0.2) is 47.3 Å². The standard InChI is InChI=1S/C11H19N5O2/c1-3-16(5-6-18-4-2)10-8-13-9(7-14-10)11(12)15-17/h7-8,17H,3-6H2,1-2H3,(H2,12,15). The molecule has 3 N–H and O–H groups in total. The summed E-state index contributed by atoms with van der Waals surface area (Å²) in [5.74, 6) is 0.693. The Labute approximate surface area is 106 Å². The number of anilines is 1. The molecule has 1 aromatic heterocycles. The van der Waals surface area contributed by atoms with E-state index in [-0.39, 0.29) is 5.84 Å². The molecule has 0 atom stereocenters. The van der Waals surface area contributed by atoms with Crippen LogP contribution in [0.1, 0.15) is 19.5 Å². The summed E-state index contributed by atoms with van der Waals surface area (Å²) >= 11 is 0. The molecule has 100 valence electrons. The minimum atomic E-state index is -0.0496. The maximum absolute atomic E-state index is 8.52. The maximum Gasteiger partial charge on any atom is 0.190 e. The Kier molecular flexibility index (Phi) is 5.86. The van der Waals surface area contributed by atoms with E-state index in [0.717, 1.165) is 18.9 Å². The van der Waals surface area contributed by atoms with Crippen LogP contribution in [-0.2, 0) is 4.74 Å². The molecule has 0 fully saturated rings. The highest BCUT2D eigenvalue weighted by atomic mass is 16.5. The molecule has 1 heterocycles. The summed E-state index contributed by atoms with van der Waals surface area (Å²) in [6, 6.07) is 0. The van der Waals surface area contributed by atoms with Crippen LogP contribution in [0.2, 0.25) is 0 Å². The third kappa shape index (κ3) is 3.85. The zero-order valence-corrected chi connectivity index (χ0v) is 10.7. The SMILES string of the molecule is CCOCCN(CC)c1cnc(C(N)=NO)cn1. The molecule has 0 radical (unpaired) electrons. The van der Waals surface area contributed by atoms with Crippen LogP contribution >= 0.6 is 0 Å². The van der Waals surface area contributed by atoms with E-state index >= 15 is 0 Å². The van der Waals surface area contributed by atoms with Crippen LogP contribution in [0.15, 0.2) is 17.5 Å². The number of rotatable bonds is 7. The normalized spacial score (nSPS) is 11.6. The average Bonchev–Trinajstić information content (AvgIpc) is 2.43. The fourth-order valence-electron chi connectivity index (χ4n) is 1.42. The Morgan fingerprint density at radius 2 is 2.22 bits per heavy atom. The molecule has 7 nitrogen and oxygen atoms in total. The lowest BCUT2D eigenvalue weighted by atomic mass is 10.4. The summed E-state index contributed by atoms with van der Waals surface area (Å²) in [6.07, 6.45) is 3.08. The van der Waals surface area contributed by atoms with Crippen molar-refractivity contribution in [2.24, 2.45) is 10.9 Å². The molecule has 0 aromatic carbocycles. The van der Waals surface area contributed by atoms with Gasteiger partial charge in [0.25, 0.3) is 0 Å². The van der Waals surface area contributed by atoms with Crippen LogP contribution in [0.5, 0.6) is 0 Å². The molecule has 0 bridgehead atoms. The van der Waals surface area contributed by atoms with E-state index in [4.69, 9.17) is 15.7 Å². The van der Waals surface area contributed by atoms with Crippen molar-refractivity contribution in [3.8, 4) is 0 Å². The van der Waals surface area contributed by atoms with Crippen molar-refractivity contribution < 1.29 is 9.94 Å². The van der Waals surface area contributed by atoms with Gasteiger partial charge in [-0.2, -0.15) is 0 Å². The fraction of sp³-hybridized carbons (Fsp3) is 0.545. The Balaban J connectivity index is 2.69. The molecular formula is C11H19N5O2. The van der Waals surface area contributed by atoms with Gasteiger partial charge < -0.3 is 20.6 Å². The maximum atomic E-state index is 8.52. The van der Waals surface area contributed by atoms with E-state index in [0.29, 0.717) is 18.9 Å². The zero-order chi connectivity index (χ0) is 13.4. The summed E-state index contributed by atoms with van der Waals surface area (Å²) in [5, 5.41) is 11.4. The number of aromatic nitrogens is 2. The van der Waals surface area contributed by atoms with Gasteiger partial charge in [-0.15, -0.1) is 0 Å². The Hall–Kier alpha value is -1.89. The van der Waals surface area contributed by atoms with Crippen molar-refractivity contribution in [2.75, 3.05) is 31.2 Å². The first-order valence-corrected chi connectivity index (χ1v) is 5.85. The molecule has 1 rings (SSSR count). The lowest BCUT2D eigenvalue weighted by Gasteiger charge is -2.21. The molecule has 18 heavy (non-hydrogen) atoms. The van der Waals surface area contributed by atoms with E-state index < -0.39 is 0 Å². The summed E-state index contributed by atoms with van der Waals surface area (Å²) in [4.78, 5) is 10.4. The second-order valence-corrected chi connectivity index (χ2v) is 3.52. The van der Waals surface area contributed by atoms with Crippen molar-refractivity contribution in [2.45, 2.75) is 13.8 Å². The van der Waals surface area contributed by atoms with Crippen LogP contribution in [0.25, 0.3) is 0 Å². The largest absolute Gasteiger partial charge is 0.409 e. The van der Waals surface area contributed by atoms with Gasteiger partial charge >= 0.3 is 0 Å². The molecule has 0 aliphatic carbocycles. The molecule has 1 aromatic rings. The predicted octanol–water partition coefficient (Wildman–Crippen LogP) is 0.434. The average molecular weight is 253 g/mol. The minimum absolute atomic E-state index is 0.0496. The molecule has 0 spiro atoms. The number of nitrogens with zero attached hydrogens (tertiary/aromatic N) is 4. The third-order valence-electron chi connectivity index (χ3n) is 2.42. The molecule has 0 aliphatic rings. The molecule has 0 saturated heterocycles. The van der Waals surface area contributed by atoms with E-state index in [1.54, 1.807) is 6.20 Å². The highest BCUT2D eigenvalue weighted by Gasteiger charge is 2.07. The van der Waals surface area contributed by atoms with Gasteiger partial charge in [0.1, 0.15) is 11.5 Å². The van der Waals surface area contributed by atoms with Crippen molar-refractivity contribution >= 4 is 11.7 Å². The Bertz CT molecular complexity index is 380. The molecule has 0 saturated carbocycles. The van der Waals surface area contributed by atoms with Crippen LogP contribution in [0.4, 0.5) is 5.82 Å². The fourth-order valence-corrected chi connectivity index (χ4v) is 1.42. The number of nitrogens with two attached hydrogens (primary N) is 1. The zero-order valence-electron chi connectivity index (χ0n) is 10.7. The van der Waals surface area contributed by atoms with E-state index in [2.05, 4.69) is 15.1 Å². The first kappa shape index (κ1) is 14.2. The summed E-state index contributed by atoms with van der Waals surface area (Å²) in [5.41, 5.74) is 5.76. The van der Waals surface area contributed by atoms with Gasteiger partial charge in [0, 0.05) is 19.7 Å². The second kappa shape index (κ2) is 7.44. The Morgan fingerprint density at radius 1 is 1.44 bits per heavy atom. The topological polar surface area (TPSA) is 96.9 Å². The van der Waals surface area contributed by atoms with E-state index in [1.807, 2.05) is 18.7 Å². The van der Waals surface area contributed by atoms with Crippen LogP contribution in [0, 0.1) is 0 Å². The van der Waals surface area contributed by atoms with Crippen LogP contribution in [0.3, 0.4) is 0 Å².